The van der Waals surface area contributed by atoms with Crippen molar-refractivity contribution in [3.63, 3.8) is 0 Å². The molecule has 3 heteroatoms. The van der Waals surface area contributed by atoms with Crippen molar-refractivity contribution >= 4 is 0 Å². The summed E-state index contributed by atoms with van der Waals surface area (Å²) in [6, 6.07) is 0.537. The Bertz CT molecular complexity index is 162. The molecule has 0 saturated carbocycles. The molecule has 0 aliphatic rings. The van der Waals surface area contributed by atoms with Crippen molar-refractivity contribution in [1.29, 1.82) is 0 Å². The standard InChI is InChI=1S/C12H28N2O/c1-6-8-14(11(3)4)9-12(5,10-15)13-7-2/h11,13,15H,6-10H2,1-5H3. The Kier molecular flexibility index (Phi) is 7.14. The third kappa shape index (κ3) is 5.50. The molecule has 0 saturated heterocycles. The van der Waals surface area contributed by atoms with Gasteiger partial charge in [-0.2, -0.15) is 0 Å². The minimum Gasteiger partial charge on any atom is -0.394 e. The quantitative estimate of drug-likeness (QED) is 0.645. The maximum absolute atomic E-state index is 9.43. The van der Waals surface area contributed by atoms with E-state index < -0.39 is 0 Å². The highest BCUT2D eigenvalue weighted by Crippen LogP contribution is 2.09. The molecule has 0 fully saturated rings. The molecular weight excluding hydrogens is 188 g/mol. The minimum atomic E-state index is -0.172. The van der Waals surface area contributed by atoms with Gasteiger partial charge in [0.05, 0.1) is 12.1 Å². The van der Waals surface area contributed by atoms with Crippen LogP contribution in [0.1, 0.15) is 41.0 Å². The second-order valence-electron chi connectivity index (χ2n) is 4.81. The molecule has 3 nitrogen and oxygen atoms in total. The first-order chi connectivity index (χ1) is 6.99. The largest absolute Gasteiger partial charge is 0.394 e. The highest BCUT2D eigenvalue weighted by molar-refractivity contribution is 4.86. The number of nitrogens with zero attached hydrogens (tertiary/aromatic N) is 1. The smallest absolute Gasteiger partial charge is 0.0623 e. The lowest BCUT2D eigenvalue weighted by molar-refractivity contribution is 0.104. The molecule has 0 amide bonds. The number of rotatable bonds is 8. The molecular formula is C12H28N2O. The lowest BCUT2D eigenvalue weighted by Gasteiger charge is -2.37. The Morgan fingerprint density at radius 2 is 1.93 bits per heavy atom. The van der Waals surface area contributed by atoms with Crippen LogP contribution in [0.3, 0.4) is 0 Å². The number of hydrogen-bond acceptors (Lipinski definition) is 3. The average molecular weight is 216 g/mol. The van der Waals surface area contributed by atoms with Crippen molar-refractivity contribution in [1.82, 2.24) is 10.2 Å². The average Bonchev–Trinajstić information content (AvgIpc) is 2.17. The first-order valence-electron chi connectivity index (χ1n) is 6.09. The van der Waals surface area contributed by atoms with Crippen LogP contribution in [0.25, 0.3) is 0 Å². The fraction of sp³-hybridized carbons (Fsp3) is 1.00. The van der Waals surface area contributed by atoms with Gasteiger partial charge in [-0.1, -0.05) is 13.8 Å². The lowest BCUT2D eigenvalue weighted by Crippen LogP contribution is -2.55. The van der Waals surface area contributed by atoms with E-state index in [1.807, 2.05) is 0 Å². The Labute approximate surface area is 94.9 Å². The van der Waals surface area contributed by atoms with Crippen LogP contribution >= 0.6 is 0 Å². The second kappa shape index (κ2) is 7.20. The fourth-order valence-corrected chi connectivity index (χ4v) is 1.84. The summed E-state index contributed by atoms with van der Waals surface area (Å²) in [4.78, 5) is 2.42. The molecule has 0 spiro atoms. The molecule has 0 aromatic heterocycles. The molecule has 2 N–H and O–H groups in total. The summed E-state index contributed by atoms with van der Waals surface area (Å²) in [5.41, 5.74) is -0.172. The summed E-state index contributed by atoms with van der Waals surface area (Å²) < 4.78 is 0. The Hall–Kier alpha value is -0.120. The van der Waals surface area contributed by atoms with Crippen LogP contribution in [0.4, 0.5) is 0 Å². The molecule has 92 valence electrons. The summed E-state index contributed by atoms with van der Waals surface area (Å²) in [6.45, 7) is 13.9. The van der Waals surface area contributed by atoms with Crippen molar-refractivity contribution in [2.24, 2.45) is 0 Å². The van der Waals surface area contributed by atoms with E-state index in [0.717, 1.165) is 26.1 Å². The van der Waals surface area contributed by atoms with Gasteiger partial charge in [-0.25, -0.2) is 0 Å². The summed E-state index contributed by atoms with van der Waals surface area (Å²) in [5, 5.41) is 12.8. The van der Waals surface area contributed by atoms with Crippen molar-refractivity contribution in [3.8, 4) is 0 Å². The van der Waals surface area contributed by atoms with E-state index in [-0.39, 0.29) is 12.1 Å². The van der Waals surface area contributed by atoms with Gasteiger partial charge < -0.3 is 10.4 Å². The summed E-state index contributed by atoms with van der Waals surface area (Å²) >= 11 is 0. The SMILES string of the molecule is CCCN(CC(C)(CO)NCC)C(C)C. The van der Waals surface area contributed by atoms with Gasteiger partial charge in [0.2, 0.25) is 0 Å². The molecule has 15 heavy (non-hydrogen) atoms. The number of aliphatic hydroxyl groups is 1. The molecule has 0 bridgehead atoms. The van der Waals surface area contributed by atoms with Gasteiger partial charge in [-0.15, -0.1) is 0 Å². The van der Waals surface area contributed by atoms with E-state index in [2.05, 4.69) is 44.8 Å². The third-order valence-electron chi connectivity index (χ3n) is 2.75. The van der Waals surface area contributed by atoms with E-state index in [1.165, 1.54) is 0 Å². The zero-order valence-electron chi connectivity index (χ0n) is 11.0. The Morgan fingerprint density at radius 1 is 1.33 bits per heavy atom. The van der Waals surface area contributed by atoms with Crippen LogP contribution in [-0.4, -0.2) is 47.8 Å². The highest BCUT2D eigenvalue weighted by atomic mass is 16.3. The molecule has 0 radical (unpaired) electrons. The van der Waals surface area contributed by atoms with Gasteiger partial charge in [0, 0.05) is 12.6 Å². The van der Waals surface area contributed by atoms with Crippen molar-refractivity contribution in [2.45, 2.75) is 52.6 Å². The van der Waals surface area contributed by atoms with Crippen molar-refractivity contribution in [3.05, 3.63) is 0 Å². The van der Waals surface area contributed by atoms with Crippen molar-refractivity contribution in [2.75, 3.05) is 26.2 Å². The Morgan fingerprint density at radius 3 is 2.27 bits per heavy atom. The second-order valence-corrected chi connectivity index (χ2v) is 4.81. The summed E-state index contributed by atoms with van der Waals surface area (Å²) in [7, 11) is 0. The van der Waals surface area contributed by atoms with Gasteiger partial charge in [0.1, 0.15) is 0 Å². The Balaban J connectivity index is 4.33. The van der Waals surface area contributed by atoms with Crippen LogP contribution in [0, 0.1) is 0 Å². The number of likely N-dealkylation sites (N-methyl/N-ethyl adjacent to an activating group) is 1. The topological polar surface area (TPSA) is 35.5 Å². The minimum absolute atomic E-state index is 0.172. The first kappa shape index (κ1) is 14.9. The first-order valence-corrected chi connectivity index (χ1v) is 6.09. The van der Waals surface area contributed by atoms with E-state index >= 15 is 0 Å². The van der Waals surface area contributed by atoms with Crippen LogP contribution in [0.2, 0.25) is 0 Å². The molecule has 0 rings (SSSR count). The predicted octanol–water partition coefficient (Wildman–Crippen LogP) is 1.47. The van der Waals surface area contributed by atoms with Crippen LogP contribution < -0.4 is 5.32 Å². The molecule has 0 aromatic rings. The number of aliphatic hydroxyl groups excluding tert-OH is 1. The maximum atomic E-state index is 9.43. The van der Waals surface area contributed by atoms with Crippen LogP contribution in [0.15, 0.2) is 0 Å². The van der Waals surface area contributed by atoms with E-state index in [1.54, 1.807) is 0 Å². The molecule has 1 atom stereocenters. The lowest BCUT2D eigenvalue weighted by atomic mass is 10.0. The summed E-state index contributed by atoms with van der Waals surface area (Å²) in [6.07, 6.45) is 1.16. The highest BCUT2D eigenvalue weighted by Gasteiger charge is 2.25. The zero-order valence-corrected chi connectivity index (χ0v) is 11.0. The van der Waals surface area contributed by atoms with E-state index in [9.17, 15) is 5.11 Å². The molecule has 0 aliphatic carbocycles. The predicted molar refractivity (Wildman–Crippen MR) is 66.2 cm³/mol. The molecule has 0 aromatic carbocycles. The van der Waals surface area contributed by atoms with Crippen molar-refractivity contribution < 1.29 is 5.11 Å². The van der Waals surface area contributed by atoms with Gasteiger partial charge in [-0.3, -0.25) is 4.90 Å². The molecule has 0 aliphatic heterocycles. The van der Waals surface area contributed by atoms with Gasteiger partial charge >= 0.3 is 0 Å². The van der Waals surface area contributed by atoms with Gasteiger partial charge in [-0.05, 0) is 40.3 Å². The van der Waals surface area contributed by atoms with Gasteiger partial charge in [0.15, 0.2) is 0 Å². The number of hydrogen-bond donors (Lipinski definition) is 2. The van der Waals surface area contributed by atoms with Gasteiger partial charge in [0.25, 0.3) is 0 Å². The van der Waals surface area contributed by atoms with E-state index in [0.29, 0.717) is 6.04 Å². The summed E-state index contributed by atoms with van der Waals surface area (Å²) in [5.74, 6) is 0. The maximum Gasteiger partial charge on any atom is 0.0623 e. The van der Waals surface area contributed by atoms with Crippen LogP contribution in [-0.2, 0) is 0 Å². The molecule has 1 unspecified atom stereocenters. The fourth-order valence-electron chi connectivity index (χ4n) is 1.84. The van der Waals surface area contributed by atoms with E-state index in [4.69, 9.17) is 0 Å². The third-order valence-corrected chi connectivity index (χ3v) is 2.75. The monoisotopic (exact) mass is 216 g/mol. The normalized spacial score (nSPS) is 16.0. The molecule has 0 heterocycles. The number of nitrogens with one attached hydrogen (secondary N) is 1. The zero-order chi connectivity index (χ0) is 11.9. The van der Waals surface area contributed by atoms with Crippen LogP contribution in [0.5, 0.6) is 0 Å².